The van der Waals surface area contributed by atoms with Gasteiger partial charge in [0.2, 0.25) is 0 Å². The molecule has 0 saturated heterocycles. The highest BCUT2D eigenvalue weighted by Crippen LogP contribution is 2.20. The van der Waals surface area contributed by atoms with Gasteiger partial charge < -0.3 is 10.8 Å². The van der Waals surface area contributed by atoms with Gasteiger partial charge in [-0.25, -0.2) is 0 Å². The lowest BCUT2D eigenvalue weighted by molar-refractivity contribution is 0.125. The molecule has 14 heavy (non-hydrogen) atoms. The quantitative estimate of drug-likeness (QED) is 0.771. The zero-order valence-corrected chi connectivity index (χ0v) is 9.07. The minimum Gasteiger partial charge on any atom is -0.387 e. The van der Waals surface area contributed by atoms with Crippen LogP contribution in [0.15, 0.2) is 24.3 Å². The number of hydrogen-bond donors (Lipinski definition) is 2. The Kier molecular flexibility index (Phi) is 3.67. The molecule has 1 aromatic rings. The highest BCUT2D eigenvalue weighted by molar-refractivity contribution is 5.25. The molecule has 0 fully saturated rings. The molecule has 0 bridgehead atoms. The standard InChI is InChI=1S/C12H19NO/c1-8(2)11(13)12(14)10-6-4-5-9(3)7-10/h4-8,11-12,14H,13H2,1-3H3/t11-,12-/m0/s1. The summed E-state index contributed by atoms with van der Waals surface area (Å²) in [6, 6.07) is 7.65. The fraction of sp³-hybridized carbons (Fsp3) is 0.500. The average Bonchev–Trinajstić information content (AvgIpc) is 2.15. The first kappa shape index (κ1) is 11.2. The number of aryl methyl sites for hydroxylation is 1. The van der Waals surface area contributed by atoms with Crippen molar-refractivity contribution in [2.45, 2.75) is 32.9 Å². The molecular weight excluding hydrogens is 174 g/mol. The number of aliphatic hydroxyl groups excluding tert-OH is 1. The molecule has 0 spiro atoms. The van der Waals surface area contributed by atoms with Gasteiger partial charge in [-0.3, -0.25) is 0 Å². The van der Waals surface area contributed by atoms with Crippen LogP contribution in [0.1, 0.15) is 31.1 Å². The lowest BCUT2D eigenvalue weighted by Crippen LogP contribution is -2.33. The fourth-order valence-electron chi connectivity index (χ4n) is 1.44. The van der Waals surface area contributed by atoms with Crippen molar-refractivity contribution in [1.29, 1.82) is 0 Å². The summed E-state index contributed by atoms with van der Waals surface area (Å²) >= 11 is 0. The molecule has 0 aromatic heterocycles. The summed E-state index contributed by atoms with van der Waals surface area (Å²) in [5, 5.41) is 9.96. The van der Waals surface area contributed by atoms with Crippen molar-refractivity contribution in [2.24, 2.45) is 11.7 Å². The smallest absolute Gasteiger partial charge is 0.0943 e. The number of rotatable bonds is 3. The molecule has 78 valence electrons. The third-order valence-corrected chi connectivity index (χ3v) is 2.52. The summed E-state index contributed by atoms with van der Waals surface area (Å²) in [6.07, 6.45) is -0.560. The average molecular weight is 193 g/mol. The van der Waals surface area contributed by atoms with Crippen molar-refractivity contribution < 1.29 is 5.11 Å². The molecule has 1 rings (SSSR count). The van der Waals surface area contributed by atoms with Crippen LogP contribution in [0.25, 0.3) is 0 Å². The minimum atomic E-state index is -0.560. The number of hydrogen-bond acceptors (Lipinski definition) is 2. The zero-order valence-electron chi connectivity index (χ0n) is 9.07. The Balaban J connectivity index is 2.83. The lowest BCUT2D eigenvalue weighted by Gasteiger charge is -2.22. The summed E-state index contributed by atoms with van der Waals surface area (Å²) in [6.45, 7) is 6.05. The van der Waals surface area contributed by atoms with E-state index in [0.717, 1.165) is 11.1 Å². The SMILES string of the molecule is Cc1cccc([C@H](O)[C@@H](N)C(C)C)c1. The third-order valence-electron chi connectivity index (χ3n) is 2.52. The van der Waals surface area contributed by atoms with Crippen LogP contribution in [-0.4, -0.2) is 11.1 Å². The Bertz CT molecular complexity index is 296. The van der Waals surface area contributed by atoms with E-state index in [1.54, 1.807) is 0 Å². The summed E-state index contributed by atoms with van der Waals surface area (Å²) in [5.74, 6) is 0.283. The summed E-state index contributed by atoms with van der Waals surface area (Å²) in [5.41, 5.74) is 7.95. The number of aliphatic hydroxyl groups is 1. The Hall–Kier alpha value is -0.860. The largest absolute Gasteiger partial charge is 0.387 e. The van der Waals surface area contributed by atoms with Gasteiger partial charge in [-0.1, -0.05) is 43.7 Å². The van der Waals surface area contributed by atoms with Crippen molar-refractivity contribution in [3.05, 3.63) is 35.4 Å². The van der Waals surface area contributed by atoms with E-state index >= 15 is 0 Å². The predicted molar refractivity (Wildman–Crippen MR) is 59.0 cm³/mol. The van der Waals surface area contributed by atoms with Crippen molar-refractivity contribution in [1.82, 2.24) is 0 Å². The van der Waals surface area contributed by atoms with Gasteiger partial charge in [0.25, 0.3) is 0 Å². The molecule has 0 radical (unpaired) electrons. The molecule has 1 aromatic carbocycles. The molecule has 2 atom stereocenters. The van der Waals surface area contributed by atoms with E-state index in [0.29, 0.717) is 0 Å². The highest BCUT2D eigenvalue weighted by Gasteiger charge is 2.19. The molecular formula is C12H19NO. The Labute approximate surface area is 85.8 Å². The molecule has 0 aliphatic rings. The highest BCUT2D eigenvalue weighted by atomic mass is 16.3. The second-order valence-corrected chi connectivity index (χ2v) is 4.18. The first-order valence-electron chi connectivity index (χ1n) is 5.02. The van der Waals surface area contributed by atoms with Crippen LogP contribution >= 0.6 is 0 Å². The van der Waals surface area contributed by atoms with E-state index in [-0.39, 0.29) is 12.0 Å². The van der Waals surface area contributed by atoms with Gasteiger partial charge in [0, 0.05) is 6.04 Å². The third kappa shape index (κ3) is 2.56. The number of nitrogens with two attached hydrogens (primary N) is 1. The Morgan fingerprint density at radius 3 is 2.43 bits per heavy atom. The van der Waals surface area contributed by atoms with Crippen molar-refractivity contribution in [2.75, 3.05) is 0 Å². The zero-order chi connectivity index (χ0) is 10.7. The molecule has 0 amide bonds. The molecule has 0 saturated carbocycles. The molecule has 0 heterocycles. The van der Waals surface area contributed by atoms with E-state index in [9.17, 15) is 5.11 Å². The summed E-state index contributed by atoms with van der Waals surface area (Å²) in [7, 11) is 0. The molecule has 2 heteroatoms. The molecule has 2 nitrogen and oxygen atoms in total. The van der Waals surface area contributed by atoms with E-state index in [4.69, 9.17) is 5.73 Å². The van der Waals surface area contributed by atoms with E-state index in [2.05, 4.69) is 0 Å². The van der Waals surface area contributed by atoms with Gasteiger partial charge in [0.05, 0.1) is 6.10 Å². The second-order valence-electron chi connectivity index (χ2n) is 4.18. The van der Waals surface area contributed by atoms with Gasteiger partial charge in [-0.05, 0) is 18.4 Å². The maximum Gasteiger partial charge on any atom is 0.0943 e. The minimum absolute atomic E-state index is 0.197. The van der Waals surface area contributed by atoms with Crippen molar-refractivity contribution in [3.8, 4) is 0 Å². The second kappa shape index (κ2) is 4.58. The molecule has 0 aliphatic carbocycles. The van der Waals surface area contributed by atoms with Gasteiger partial charge in [-0.2, -0.15) is 0 Å². The van der Waals surface area contributed by atoms with Crippen molar-refractivity contribution in [3.63, 3.8) is 0 Å². The van der Waals surface area contributed by atoms with E-state index in [1.807, 2.05) is 45.0 Å². The first-order valence-corrected chi connectivity index (χ1v) is 5.02. The van der Waals surface area contributed by atoms with Crippen LogP contribution in [0.4, 0.5) is 0 Å². The summed E-state index contributed by atoms with van der Waals surface area (Å²) < 4.78 is 0. The summed E-state index contributed by atoms with van der Waals surface area (Å²) in [4.78, 5) is 0. The maximum absolute atomic E-state index is 9.96. The fourth-order valence-corrected chi connectivity index (χ4v) is 1.44. The predicted octanol–water partition coefficient (Wildman–Crippen LogP) is 2.01. The molecule has 3 N–H and O–H groups in total. The Morgan fingerprint density at radius 2 is 1.93 bits per heavy atom. The number of benzene rings is 1. The van der Waals surface area contributed by atoms with Gasteiger partial charge >= 0.3 is 0 Å². The molecule has 0 aliphatic heterocycles. The van der Waals surface area contributed by atoms with E-state index < -0.39 is 6.10 Å². The van der Waals surface area contributed by atoms with Gasteiger partial charge in [0.1, 0.15) is 0 Å². The topological polar surface area (TPSA) is 46.2 Å². The van der Waals surface area contributed by atoms with Crippen LogP contribution in [0.5, 0.6) is 0 Å². The maximum atomic E-state index is 9.96. The van der Waals surface area contributed by atoms with Crippen LogP contribution < -0.4 is 5.73 Å². The normalized spacial score (nSPS) is 15.6. The van der Waals surface area contributed by atoms with Gasteiger partial charge in [0.15, 0.2) is 0 Å². The monoisotopic (exact) mass is 193 g/mol. The van der Waals surface area contributed by atoms with Crippen LogP contribution in [0.3, 0.4) is 0 Å². The first-order chi connectivity index (χ1) is 6.52. The van der Waals surface area contributed by atoms with Crippen LogP contribution in [-0.2, 0) is 0 Å². The Morgan fingerprint density at radius 1 is 1.29 bits per heavy atom. The lowest BCUT2D eigenvalue weighted by atomic mass is 9.94. The molecule has 0 unspecified atom stereocenters. The van der Waals surface area contributed by atoms with Crippen LogP contribution in [0.2, 0.25) is 0 Å². The van der Waals surface area contributed by atoms with Crippen LogP contribution in [0, 0.1) is 12.8 Å². The van der Waals surface area contributed by atoms with E-state index in [1.165, 1.54) is 0 Å². The van der Waals surface area contributed by atoms with Gasteiger partial charge in [-0.15, -0.1) is 0 Å². The van der Waals surface area contributed by atoms with Crippen molar-refractivity contribution >= 4 is 0 Å².